The smallest absolute Gasteiger partial charge is 0.317 e. The molecule has 1 rings (SSSR count). The Morgan fingerprint density at radius 3 is 2.22 bits per heavy atom. The highest BCUT2D eigenvalue weighted by molar-refractivity contribution is 5.74. The van der Waals surface area contributed by atoms with Gasteiger partial charge in [-0.25, -0.2) is 4.79 Å². The Morgan fingerprint density at radius 2 is 1.72 bits per heavy atom. The van der Waals surface area contributed by atoms with Crippen molar-refractivity contribution >= 4 is 6.03 Å². The van der Waals surface area contributed by atoms with E-state index in [2.05, 4.69) is 19.2 Å². The molecule has 1 aliphatic heterocycles. The molecular weight excluding hydrogens is 226 g/mol. The van der Waals surface area contributed by atoms with Crippen molar-refractivity contribution in [1.82, 2.24) is 10.2 Å². The van der Waals surface area contributed by atoms with Gasteiger partial charge in [0.2, 0.25) is 0 Å². The molecule has 0 aromatic carbocycles. The lowest BCUT2D eigenvalue weighted by Crippen LogP contribution is -2.47. The first-order valence-corrected chi connectivity index (χ1v) is 7.47. The highest BCUT2D eigenvalue weighted by atomic mass is 16.2. The van der Waals surface area contributed by atoms with Gasteiger partial charge in [-0.1, -0.05) is 39.5 Å². The molecular formula is C14H29N3O. The number of hydrogen-bond acceptors (Lipinski definition) is 2. The van der Waals surface area contributed by atoms with Crippen molar-refractivity contribution in [2.75, 3.05) is 19.6 Å². The fourth-order valence-corrected chi connectivity index (χ4v) is 2.65. The van der Waals surface area contributed by atoms with E-state index < -0.39 is 0 Å². The Hall–Kier alpha value is -0.770. The van der Waals surface area contributed by atoms with Gasteiger partial charge in [-0.3, -0.25) is 0 Å². The Bertz CT molecular complexity index is 233. The predicted molar refractivity (Wildman–Crippen MR) is 75.5 cm³/mol. The van der Waals surface area contributed by atoms with E-state index in [4.69, 9.17) is 5.73 Å². The maximum absolute atomic E-state index is 12.0. The Labute approximate surface area is 111 Å². The molecule has 1 aliphatic rings. The average molecular weight is 255 g/mol. The van der Waals surface area contributed by atoms with Crippen LogP contribution in [0.2, 0.25) is 0 Å². The van der Waals surface area contributed by atoms with Crippen LogP contribution in [-0.4, -0.2) is 36.6 Å². The fourth-order valence-electron chi connectivity index (χ4n) is 2.65. The van der Waals surface area contributed by atoms with Gasteiger partial charge < -0.3 is 16.0 Å². The second-order valence-electron chi connectivity index (χ2n) is 5.33. The molecule has 0 radical (unpaired) electrons. The minimum absolute atomic E-state index is 0.0679. The quantitative estimate of drug-likeness (QED) is 0.792. The Balaban J connectivity index is 2.30. The third kappa shape index (κ3) is 4.84. The Kier molecular flexibility index (Phi) is 7.09. The van der Waals surface area contributed by atoms with E-state index in [1.54, 1.807) is 0 Å². The Morgan fingerprint density at radius 1 is 1.17 bits per heavy atom. The van der Waals surface area contributed by atoms with Crippen LogP contribution in [0.3, 0.4) is 0 Å². The molecule has 0 aliphatic carbocycles. The maximum Gasteiger partial charge on any atom is 0.317 e. The van der Waals surface area contributed by atoms with Crippen LogP contribution in [0.5, 0.6) is 0 Å². The second-order valence-corrected chi connectivity index (χ2v) is 5.33. The number of nitrogens with one attached hydrogen (secondary N) is 1. The molecule has 0 bridgehead atoms. The summed E-state index contributed by atoms with van der Waals surface area (Å²) in [5, 5.41) is 2.99. The van der Waals surface area contributed by atoms with E-state index in [0.29, 0.717) is 12.5 Å². The number of carbonyl (C=O) groups excluding carboxylic acids is 1. The first-order valence-electron chi connectivity index (χ1n) is 7.47. The zero-order valence-corrected chi connectivity index (χ0v) is 12.0. The lowest BCUT2D eigenvalue weighted by molar-refractivity contribution is 0.197. The van der Waals surface area contributed by atoms with Crippen LogP contribution in [0.4, 0.5) is 4.79 Å². The van der Waals surface area contributed by atoms with E-state index in [9.17, 15) is 4.79 Å². The molecule has 1 heterocycles. The molecule has 1 fully saturated rings. The number of amides is 2. The number of rotatable bonds is 5. The van der Waals surface area contributed by atoms with Crippen molar-refractivity contribution in [2.45, 2.75) is 58.4 Å². The van der Waals surface area contributed by atoms with E-state index in [0.717, 1.165) is 38.8 Å². The lowest BCUT2D eigenvalue weighted by Gasteiger charge is -2.25. The summed E-state index contributed by atoms with van der Waals surface area (Å²) in [4.78, 5) is 14.0. The number of likely N-dealkylation sites (tertiary alicyclic amines) is 1. The molecule has 1 atom stereocenters. The molecule has 106 valence electrons. The summed E-state index contributed by atoms with van der Waals surface area (Å²) in [5.74, 6) is 0.509. The number of carbonyl (C=O) groups is 1. The molecule has 3 N–H and O–H groups in total. The van der Waals surface area contributed by atoms with Crippen LogP contribution < -0.4 is 11.1 Å². The lowest BCUT2D eigenvalue weighted by atomic mass is 9.95. The van der Waals surface area contributed by atoms with Gasteiger partial charge in [0.15, 0.2) is 0 Å². The van der Waals surface area contributed by atoms with Crippen LogP contribution in [0.15, 0.2) is 0 Å². The molecule has 4 nitrogen and oxygen atoms in total. The number of hydrogen-bond donors (Lipinski definition) is 2. The van der Waals surface area contributed by atoms with E-state index in [1.807, 2.05) is 4.90 Å². The monoisotopic (exact) mass is 255 g/mol. The zero-order valence-electron chi connectivity index (χ0n) is 12.0. The average Bonchev–Trinajstić information content (AvgIpc) is 2.66. The van der Waals surface area contributed by atoms with E-state index in [1.165, 1.54) is 12.8 Å². The first-order chi connectivity index (χ1) is 8.69. The standard InChI is InChI=1S/C14H29N3O/c1-3-12(4-2)13(15)11-16-14(18)17-9-7-5-6-8-10-17/h12-13H,3-11,15H2,1-2H3,(H,16,18). The van der Waals surface area contributed by atoms with Crippen molar-refractivity contribution in [2.24, 2.45) is 11.7 Å². The molecule has 0 aromatic heterocycles. The van der Waals surface area contributed by atoms with Gasteiger partial charge in [0.05, 0.1) is 0 Å². The molecule has 4 heteroatoms. The number of nitrogens with zero attached hydrogens (tertiary/aromatic N) is 1. The van der Waals surface area contributed by atoms with Crippen LogP contribution in [0, 0.1) is 5.92 Å². The summed E-state index contributed by atoms with van der Waals surface area (Å²) >= 11 is 0. The third-order valence-corrected chi connectivity index (χ3v) is 4.04. The minimum atomic E-state index is 0.0679. The fraction of sp³-hybridized carbons (Fsp3) is 0.929. The molecule has 2 amide bonds. The van der Waals surface area contributed by atoms with Crippen molar-refractivity contribution in [3.05, 3.63) is 0 Å². The predicted octanol–water partition coefficient (Wildman–Crippen LogP) is 2.34. The van der Waals surface area contributed by atoms with Crippen molar-refractivity contribution in [1.29, 1.82) is 0 Å². The van der Waals surface area contributed by atoms with Crippen LogP contribution in [-0.2, 0) is 0 Å². The van der Waals surface area contributed by atoms with Crippen LogP contribution in [0.25, 0.3) is 0 Å². The SMILES string of the molecule is CCC(CC)C(N)CNC(=O)N1CCCCCC1. The molecule has 0 spiro atoms. The van der Waals surface area contributed by atoms with E-state index in [-0.39, 0.29) is 12.1 Å². The van der Waals surface area contributed by atoms with Gasteiger partial charge in [-0.2, -0.15) is 0 Å². The summed E-state index contributed by atoms with van der Waals surface area (Å²) in [6, 6.07) is 0.147. The number of urea groups is 1. The molecule has 0 saturated carbocycles. The molecule has 0 aromatic rings. The first kappa shape index (κ1) is 15.3. The van der Waals surface area contributed by atoms with Crippen molar-refractivity contribution in [3.63, 3.8) is 0 Å². The molecule has 1 unspecified atom stereocenters. The van der Waals surface area contributed by atoms with E-state index >= 15 is 0 Å². The molecule has 1 saturated heterocycles. The largest absolute Gasteiger partial charge is 0.336 e. The zero-order chi connectivity index (χ0) is 13.4. The molecule has 18 heavy (non-hydrogen) atoms. The minimum Gasteiger partial charge on any atom is -0.336 e. The van der Waals surface area contributed by atoms with Gasteiger partial charge in [-0.05, 0) is 18.8 Å². The van der Waals surface area contributed by atoms with Crippen molar-refractivity contribution < 1.29 is 4.79 Å². The van der Waals surface area contributed by atoms with Crippen LogP contribution in [0.1, 0.15) is 52.4 Å². The summed E-state index contributed by atoms with van der Waals surface area (Å²) in [6.45, 7) is 6.70. The van der Waals surface area contributed by atoms with Gasteiger partial charge in [0, 0.05) is 25.7 Å². The topological polar surface area (TPSA) is 58.4 Å². The number of nitrogens with two attached hydrogens (primary N) is 1. The highest BCUT2D eigenvalue weighted by Gasteiger charge is 2.18. The summed E-state index contributed by atoms with van der Waals surface area (Å²) in [6.07, 6.45) is 6.92. The van der Waals surface area contributed by atoms with Gasteiger partial charge >= 0.3 is 6.03 Å². The summed E-state index contributed by atoms with van der Waals surface area (Å²) in [5.41, 5.74) is 6.11. The van der Waals surface area contributed by atoms with Crippen molar-refractivity contribution in [3.8, 4) is 0 Å². The maximum atomic E-state index is 12.0. The van der Waals surface area contributed by atoms with Gasteiger partial charge in [0.1, 0.15) is 0 Å². The van der Waals surface area contributed by atoms with Gasteiger partial charge in [-0.15, -0.1) is 0 Å². The van der Waals surface area contributed by atoms with Gasteiger partial charge in [0.25, 0.3) is 0 Å². The second kappa shape index (κ2) is 8.35. The van der Waals surface area contributed by atoms with Crippen LogP contribution >= 0.6 is 0 Å². The normalized spacial score (nSPS) is 18.6. The third-order valence-electron chi connectivity index (χ3n) is 4.04. The summed E-state index contributed by atoms with van der Waals surface area (Å²) in [7, 11) is 0. The highest BCUT2D eigenvalue weighted by Crippen LogP contribution is 2.12. The summed E-state index contributed by atoms with van der Waals surface area (Å²) < 4.78 is 0.